The number of phosphoric ester groups is 1. The van der Waals surface area contributed by atoms with Crippen molar-refractivity contribution in [2.75, 3.05) is 26.4 Å². The average Bonchev–Trinajstić information content (AvgIpc) is 3.18. The van der Waals surface area contributed by atoms with Gasteiger partial charge >= 0.3 is 19.8 Å². The molecule has 4 N–H and O–H groups in total. The number of aliphatic carboxylic acids is 1. The van der Waals surface area contributed by atoms with E-state index in [1.54, 1.807) is 0 Å². The van der Waals surface area contributed by atoms with Crippen molar-refractivity contribution >= 4 is 19.8 Å². The van der Waals surface area contributed by atoms with Crippen LogP contribution in [0.4, 0.5) is 0 Å². The Bertz CT molecular complexity index is 951. The van der Waals surface area contributed by atoms with Gasteiger partial charge in [0.05, 0.1) is 19.8 Å². The van der Waals surface area contributed by atoms with E-state index in [1.807, 2.05) is 0 Å². The summed E-state index contributed by atoms with van der Waals surface area (Å²) in [5.74, 6) is -1.77. The molecule has 56 heavy (non-hydrogen) atoms. The molecule has 0 radical (unpaired) electrons. The zero-order valence-corrected chi connectivity index (χ0v) is 37.1. The van der Waals surface area contributed by atoms with Crippen molar-refractivity contribution in [1.82, 2.24) is 0 Å². The van der Waals surface area contributed by atoms with Crippen LogP contribution in [-0.2, 0) is 32.7 Å². The van der Waals surface area contributed by atoms with Gasteiger partial charge in [-0.3, -0.25) is 18.6 Å². The number of carbonyl (C=O) groups is 2. The molecule has 0 aliphatic rings. The Morgan fingerprint density at radius 3 is 1.38 bits per heavy atom. The number of hydrogen-bond acceptors (Lipinski definition) is 8. The maximum absolute atomic E-state index is 12.6. The van der Waals surface area contributed by atoms with Crippen molar-refractivity contribution in [2.24, 2.45) is 5.73 Å². The van der Waals surface area contributed by atoms with Gasteiger partial charge in [-0.1, -0.05) is 193 Å². The van der Waals surface area contributed by atoms with Crippen LogP contribution < -0.4 is 5.73 Å². The van der Waals surface area contributed by atoms with Gasteiger partial charge in [0.2, 0.25) is 0 Å². The van der Waals surface area contributed by atoms with Crippen LogP contribution in [0.1, 0.15) is 226 Å². The number of unbranched alkanes of at least 4 members (excludes halogenated alkanes) is 29. The lowest BCUT2D eigenvalue weighted by Gasteiger charge is -2.20. The number of esters is 1. The number of carboxylic acids is 1. The smallest absolute Gasteiger partial charge is 0.472 e. The van der Waals surface area contributed by atoms with Crippen LogP contribution in [0, 0.1) is 0 Å². The van der Waals surface area contributed by atoms with Crippen LogP contribution in [0.3, 0.4) is 0 Å². The molecule has 0 rings (SSSR count). The van der Waals surface area contributed by atoms with Gasteiger partial charge in [-0.25, -0.2) is 4.57 Å². The van der Waals surface area contributed by atoms with Crippen LogP contribution in [0.15, 0.2) is 12.2 Å². The molecular formula is C45H88NO9P. The van der Waals surface area contributed by atoms with Crippen LogP contribution in [0.2, 0.25) is 0 Å². The molecule has 0 aromatic heterocycles. The van der Waals surface area contributed by atoms with Gasteiger partial charge in [-0.2, -0.15) is 0 Å². The zero-order valence-electron chi connectivity index (χ0n) is 36.2. The highest BCUT2D eigenvalue weighted by Crippen LogP contribution is 2.43. The normalized spacial score (nSPS) is 13.9. The van der Waals surface area contributed by atoms with Crippen LogP contribution in [0.5, 0.6) is 0 Å². The number of phosphoric acid groups is 1. The predicted molar refractivity (Wildman–Crippen MR) is 231 cm³/mol. The van der Waals surface area contributed by atoms with Crippen molar-refractivity contribution in [1.29, 1.82) is 0 Å². The fourth-order valence-corrected chi connectivity index (χ4v) is 7.44. The van der Waals surface area contributed by atoms with Gasteiger partial charge in [0.15, 0.2) is 0 Å². The first-order chi connectivity index (χ1) is 27.2. The molecule has 3 unspecified atom stereocenters. The molecule has 0 aromatic carbocycles. The standard InChI is InChI=1S/C45H88NO9P/c1-3-5-7-9-11-13-15-17-19-20-21-22-23-24-25-27-29-31-33-35-37-44(47)55-42(40-53-56(50,51)54-41-43(46)45(48)49)39-52-38-36-34-32-30-28-26-18-16-14-12-10-8-6-4-2/h14,16,42-43H,3-13,15,17-41,46H2,1-2H3,(H,48,49)(H,50,51)/b16-14-. The molecule has 0 aromatic rings. The molecule has 11 heteroatoms. The highest BCUT2D eigenvalue weighted by Gasteiger charge is 2.27. The molecular weight excluding hydrogens is 729 g/mol. The van der Waals surface area contributed by atoms with Crippen LogP contribution in [-0.4, -0.2) is 60.5 Å². The summed E-state index contributed by atoms with van der Waals surface area (Å²) in [6.07, 6.45) is 44.1. The Labute approximate surface area is 343 Å². The Morgan fingerprint density at radius 1 is 0.554 bits per heavy atom. The van der Waals surface area contributed by atoms with Gasteiger partial charge in [0.25, 0.3) is 0 Å². The summed E-state index contributed by atoms with van der Waals surface area (Å²) >= 11 is 0. The molecule has 0 spiro atoms. The molecule has 0 aliphatic heterocycles. The summed E-state index contributed by atoms with van der Waals surface area (Å²) < 4.78 is 33.4. The topological polar surface area (TPSA) is 155 Å². The highest BCUT2D eigenvalue weighted by atomic mass is 31.2. The SMILES string of the molecule is CCCCCC/C=C\CCCCCCCCOCC(COP(=O)(O)OCC(N)C(=O)O)OC(=O)CCCCCCCCCCCCCCCCCCCCCC. The van der Waals surface area contributed by atoms with E-state index < -0.39 is 45.1 Å². The predicted octanol–water partition coefficient (Wildman–Crippen LogP) is 12.9. The van der Waals surface area contributed by atoms with Gasteiger partial charge in [0.1, 0.15) is 12.1 Å². The number of rotatable bonds is 45. The summed E-state index contributed by atoms with van der Waals surface area (Å²) in [4.78, 5) is 33.6. The Kier molecular flexibility index (Phi) is 40.9. The fraction of sp³-hybridized carbons (Fsp3) is 0.911. The maximum atomic E-state index is 12.6. The minimum atomic E-state index is -4.61. The zero-order chi connectivity index (χ0) is 41.2. The molecule has 0 saturated heterocycles. The first kappa shape index (κ1) is 54.7. The maximum Gasteiger partial charge on any atom is 0.472 e. The van der Waals surface area contributed by atoms with E-state index in [9.17, 15) is 19.0 Å². The first-order valence-corrected chi connectivity index (χ1v) is 24.7. The van der Waals surface area contributed by atoms with Gasteiger partial charge in [0, 0.05) is 13.0 Å². The van der Waals surface area contributed by atoms with E-state index in [4.69, 9.17) is 29.4 Å². The quantitative estimate of drug-likeness (QED) is 0.0234. The van der Waals surface area contributed by atoms with Crippen molar-refractivity contribution < 1.29 is 42.7 Å². The minimum absolute atomic E-state index is 0.0183. The monoisotopic (exact) mass is 818 g/mol. The Balaban J connectivity index is 4.14. The second-order valence-electron chi connectivity index (χ2n) is 15.9. The van der Waals surface area contributed by atoms with Gasteiger partial charge in [-0.05, 0) is 38.5 Å². The fourth-order valence-electron chi connectivity index (χ4n) is 6.66. The van der Waals surface area contributed by atoms with E-state index in [1.165, 1.54) is 161 Å². The second-order valence-corrected chi connectivity index (χ2v) is 17.3. The summed E-state index contributed by atoms with van der Waals surface area (Å²) in [6.45, 7) is 3.89. The Morgan fingerprint density at radius 2 is 0.929 bits per heavy atom. The number of carboxylic acid groups (broad SMARTS) is 1. The molecule has 3 atom stereocenters. The molecule has 0 saturated carbocycles. The largest absolute Gasteiger partial charge is 0.480 e. The molecule has 0 heterocycles. The lowest BCUT2D eigenvalue weighted by Crippen LogP contribution is -2.34. The number of nitrogens with two attached hydrogens (primary N) is 1. The molecule has 0 fully saturated rings. The van der Waals surface area contributed by atoms with E-state index >= 15 is 0 Å². The minimum Gasteiger partial charge on any atom is -0.480 e. The first-order valence-electron chi connectivity index (χ1n) is 23.2. The molecule has 10 nitrogen and oxygen atoms in total. The average molecular weight is 818 g/mol. The molecule has 0 amide bonds. The number of carbonyl (C=O) groups excluding carboxylic acids is 1. The second kappa shape index (κ2) is 41.9. The molecule has 332 valence electrons. The van der Waals surface area contributed by atoms with Crippen molar-refractivity contribution in [3.63, 3.8) is 0 Å². The van der Waals surface area contributed by atoms with Crippen molar-refractivity contribution in [2.45, 2.75) is 238 Å². The number of hydrogen-bond donors (Lipinski definition) is 3. The summed E-state index contributed by atoms with van der Waals surface area (Å²) in [7, 11) is -4.61. The van der Waals surface area contributed by atoms with E-state index in [0.29, 0.717) is 6.61 Å². The number of allylic oxidation sites excluding steroid dienone is 2. The summed E-state index contributed by atoms with van der Waals surface area (Å²) in [6, 6.07) is -1.47. The number of ether oxygens (including phenoxy) is 2. The molecule has 0 aliphatic carbocycles. The molecule has 0 bridgehead atoms. The van der Waals surface area contributed by atoms with E-state index in [2.05, 4.69) is 26.0 Å². The van der Waals surface area contributed by atoms with Crippen LogP contribution in [0.25, 0.3) is 0 Å². The third kappa shape index (κ3) is 40.9. The lowest BCUT2D eigenvalue weighted by atomic mass is 10.0. The third-order valence-corrected chi connectivity index (χ3v) is 11.2. The van der Waals surface area contributed by atoms with Gasteiger partial charge < -0.3 is 25.2 Å². The van der Waals surface area contributed by atoms with Crippen molar-refractivity contribution in [3.05, 3.63) is 12.2 Å². The van der Waals surface area contributed by atoms with E-state index in [-0.39, 0.29) is 13.0 Å². The summed E-state index contributed by atoms with van der Waals surface area (Å²) in [5.41, 5.74) is 5.36. The summed E-state index contributed by atoms with van der Waals surface area (Å²) in [5, 5.41) is 8.90. The lowest BCUT2D eigenvalue weighted by molar-refractivity contribution is -0.154. The third-order valence-electron chi connectivity index (χ3n) is 10.3. The Hall–Kier alpha value is -1.29. The van der Waals surface area contributed by atoms with E-state index in [0.717, 1.165) is 44.9 Å². The highest BCUT2D eigenvalue weighted by molar-refractivity contribution is 7.47. The van der Waals surface area contributed by atoms with Gasteiger partial charge in [-0.15, -0.1) is 0 Å². The van der Waals surface area contributed by atoms with Crippen LogP contribution >= 0.6 is 7.82 Å². The van der Waals surface area contributed by atoms with Crippen molar-refractivity contribution in [3.8, 4) is 0 Å².